The van der Waals surface area contributed by atoms with E-state index in [0.29, 0.717) is 17.4 Å². The number of ether oxygens (including phenoxy) is 1. The fraction of sp³-hybridized carbons (Fsp3) is 0.647. The zero-order valence-electron chi connectivity index (χ0n) is 12.4. The summed E-state index contributed by atoms with van der Waals surface area (Å²) in [6, 6.07) is 5.94. The monoisotopic (exact) mass is 260 g/mol. The van der Waals surface area contributed by atoms with Crippen LogP contribution in [0.4, 0.5) is 0 Å². The first-order valence-corrected chi connectivity index (χ1v) is 7.31. The molecule has 3 unspecified atom stereocenters. The average Bonchev–Trinajstić information content (AvgIpc) is 2.39. The van der Waals surface area contributed by atoms with Crippen molar-refractivity contribution in [1.82, 2.24) is 0 Å². The normalized spacial score (nSPS) is 35.6. The van der Waals surface area contributed by atoms with Crippen LogP contribution in [0.3, 0.4) is 0 Å². The third-order valence-electron chi connectivity index (χ3n) is 6.23. The van der Waals surface area contributed by atoms with Crippen LogP contribution in [0.15, 0.2) is 18.2 Å². The van der Waals surface area contributed by atoms with Gasteiger partial charge in [-0.1, -0.05) is 32.9 Å². The molecular weight excluding hydrogens is 236 g/mol. The molecule has 0 amide bonds. The summed E-state index contributed by atoms with van der Waals surface area (Å²) in [5.74, 6) is 2.37. The highest BCUT2D eigenvalue weighted by molar-refractivity contribution is 5.52. The molecule has 0 heterocycles. The summed E-state index contributed by atoms with van der Waals surface area (Å²) < 4.78 is 5.29. The molecule has 104 valence electrons. The maximum atomic E-state index is 10.6. The minimum absolute atomic E-state index is 0.120. The predicted molar refractivity (Wildman–Crippen MR) is 76.6 cm³/mol. The number of aromatic hydroxyl groups is 1. The number of rotatable bonds is 2. The van der Waals surface area contributed by atoms with Crippen molar-refractivity contribution in [3.8, 4) is 11.5 Å². The van der Waals surface area contributed by atoms with Gasteiger partial charge in [-0.2, -0.15) is 0 Å². The van der Waals surface area contributed by atoms with E-state index in [1.54, 1.807) is 7.11 Å². The van der Waals surface area contributed by atoms with Gasteiger partial charge in [-0.15, -0.1) is 0 Å². The van der Waals surface area contributed by atoms with E-state index in [4.69, 9.17) is 4.74 Å². The topological polar surface area (TPSA) is 29.5 Å². The lowest BCUT2D eigenvalue weighted by Crippen LogP contribution is -2.64. The lowest BCUT2D eigenvalue weighted by molar-refractivity contribution is -0.134. The van der Waals surface area contributed by atoms with Crippen LogP contribution in [-0.4, -0.2) is 12.2 Å². The Labute approximate surface area is 115 Å². The summed E-state index contributed by atoms with van der Waals surface area (Å²) in [6.07, 6.45) is 3.81. The smallest absolute Gasteiger partial charge is 0.161 e. The van der Waals surface area contributed by atoms with Gasteiger partial charge in [-0.3, -0.25) is 0 Å². The van der Waals surface area contributed by atoms with Crippen LogP contribution in [0.25, 0.3) is 0 Å². The van der Waals surface area contributed by atoms with Crippen LogP contribution >= 0.6 is 0 Å². The van der Waals surface area contributed by atoms with Crippen molar-refractivity contribution in [3.63, 3.8) is 0 Å². The molecule has 3 fully saturated rings. The molecule has 3 aliphatic carbocycles. The second kappa shape index (κ2) is 3.91. The van der Waals surface area contributed by atoms with E-state index in [1.165, 1.54) is 19.3 Å². The Hall–Kier alpha value is -1.18. The molecule has 1 aromatic rings. The minimum Gasteiger partial charge on any atom is -0.504 e. The number of fused-ring (bicyclic) bond motifs is 2. The van der Waals surface area contributed by atoms with Gasteiger partial charge in [0.2, 0.25) is 0 Å². The summed E-state index contributed by atoms with van der Waals surface area (Å²) in [7, 11) is 1.62. The average molecular weight is 260 g/mol. The summed E-state index contributed by atoms with van der Waals surface area (Å²) in [6.45, 7) is 7.08. The standard InChI is InChI=1S/C17H24O2/c1-11-8-9-12-10-17(11,16(12,2)3)13-6-5-7-14(19-4)15(13)18/h5-7,11-12,18H,8-10H2,1-4H3. The Bertz CT molecular complexity index is 506. The molecule has 0 aromatic heterocycles. The molecular formula is C17H24O2. The molecule has 2 nitrogen and oxygen atoms in total. The Morgan fingerprint density at radius 1 is 1.26 bits per heavy atom. The summed E-state index contributed by atoms with van der Waals surface area (Å²) in [5, 5.41) is 10.6. The largest absolute Gasteiger partial charge is 0.504 e. The van der Waals surface area contributed by atoms with Crippen LogP contribution in [0.2, 0.25) is 0 Å². The Morgan fingerprint density at radius 2 is 2.00 bits per heavy atom. The SMILES string of the molecule is COc1cccc(C23CC(CCC2C)C3(C)C)c1O. The quantitative estimate of drug-likeness (QED) is 0.867. The number of phenols is 1. The van der Waals surface area contributed by atoms with Gasteiger partial charge in [0, 0.05) is 11.0 Å². The second-order valence-electron chi connectivity index (χ2n) is 6.93. The molecule has 1 N–H and O–H groups in total. The fourth-order valence-electron chi connectivity index (χ4n) is 4.91. The van der Waals surface area contributed by atoms with Gasteiger partial charge in [0.15, 0.2) is 11.5 Å². The van der Waals surface area contributed by atoms with E-state index in [-0.39, 0.29) is 10.8 Å². The number of phenolic OH excluding ortho intramolecular Hbond substituents is 1. The van der Waals surface area contributed by atoms with Crippen LogP contribution in [0.1, 0.15) is 45.6 Å². The molecule has 3 atom stereocenters. The maximum absolute atomic E-state index is 10.6. The number of hydrogen-bond acceptors (Lipinski definition) is 2. The highest BCUT2D eigenvalue weighted by Crippen LogP contribution is 2.71. The third-order valence-corrected chi connectivity index (χ3v) is 6.23. The van der Waals surface area contributed by atoms with Gasteiger partial charge in [0.05, 0.1) is 7.11 Å². The maximum Gasteiger partial charge on any atom is 0.161 e. The number of benzene rings is 1. The predicted octanol–water partition coefficient (Wildman–Crippen LogP) is 4.11. The molecule has 0 radical (unpaired) electrons. The molecule has 19 heavy (non-hydrogen) atoms. The number of hydrogen-bond donors (Lipinski definition) is 1. The van der Waals surface area contributed by atoms with Crippen molar-refractivity contribution in [2.45, 2.75) is 45.4 Å². The Balaban J connectivity index is 2.15. The van der Waals surface area contributed by atoms with Crippen LogP contribution < -0.4 is 4.74 Å². The fourth-order valence-corrected chi connectivity index (χ4v) is 4.91. The van der Waals surface area contributed by atoms with E-state index in [2.05, 4.69) is 26.8 Å². The summed E-state index contributed by atoms with van der Waals surface area (Å²) >= 11 is 0. The van der Waals surface area contributed by atoms with E-state index in [9.17, 15) is 5.11 Å². The van der Waals surface area contributed by atoms with E-state index in [0.717, 1.165) is 11.5 Å². The first-order chi connectivity index (χ1) is 8.95. The highest BCUT2D eigenvalue weighted by Gasteiger charge is 2.65. The molecule has 3 aliphatic rings. The van der Waals surface area contributed by atoms with Crippen molar-refractivity contribution >= 4 is 0 Å². The van der Waals surface area contributed by atoms with Crippen molar-refractivity contribution in [2.75, 3.05) is 7.11 Å². The molecule has 0 spiro atoms. The first kappa shape index (κ1) is 12.8. The molecule has 4 rings (SSSR count). The van der Waals surface area contributed by atoms with E-state index >= 15 is 0 Å². The van der Waals surface area contributed by atoms with Gasteiger partial charge in [0.1, 0.15) is 0 Å². The van der Waals surface area contributed by atoms with Crippen molar-refractivity contribution in [3.05, 3.63) is 23.8 Å². The molecule has 3 saturated carbocycles. The number of methoxy groups -OCH3 is 1. The van der Waals surface area contributed by atoms with E-state index < -0.39 is 0 Å². The van der Waals surface area contributed by atoms with Crippen LogP contribution in [-0.2, 0) is 5.41 Å². The zero-order valence-corrected chi connectivity index (χ0v) is 12.4. The van der Waals surface area contributed by atoms with Gasteiger partial charge >= 0.3 is 0 Å². The molecule has 2 heteroatoms. The highest BCUT2D eigenvalue weighted by atomic mass is 16.5. The first-order valence-electron chi connectivity index (χ1n) is 7.31. The van der Waals surface area contributed by atoms with Gasteiger partial charge in [-0.05, 0) is 42.6 Å². The Morgan fingerprint density at radius 3 is 2.58 bits per heavy atom. The van der Waals surface area contributed by atoms with Gasteiger partial charge in [-0.25, -0.2) is 0 Å². The van der Waals surface area contributed by atoms with Crippen molar-refractivity contribution < 1.29 is 9.84 Å². The molecule has 0 aliphatic heterocycles. The Kier molecular flexibility index (Phi) is 2.64. The summed E-state index contributed by atoms with van der Waals surface area (Å²) in [5.41, 5.74) is 1.49. The lowest BCUT2D eigenvalue weighted by atomic mass is 9.35. The van der Waals surface area contributed by atoms with Crippen LogP contribution in [0.5, 0.6) is 11.5 Å². The lowest BCUT2D eigenvalue weighted by Gasteiger charge is -2.69. The van der Waals surface area contributed by atoms with Crippen molar-refractivity contribution in [1.29, 1.82) is 0 Å². The molecule has 2 bridgehead atoms. The second-order valence-corrected chi connectivity index (χ2v) is 6.93. The zero-order chi connectivity index (χ0) is 13.8. The number of para-hydroxylation sites is 1. The van der Waals surface area contributed by atoms with Crippen molar-refractivity contribution in [2.24, 2.45) is 17.3 Å². The summed E-state index contributed by atoms with van der Waals surface area (Å²) in [4.78, 5) is 0. The van der Waals surface area contributed by atoms with Gasteiger partial charge in [0.25, 0.3) is 0 Å². The van der Waals surface area contributed by atoms with Gasteiger partial charge < -0.3 is 9.84 Å². The minimum atomic E-state index is 0.120. The van der Waals surface area contributed by atoms with Crippen LogP contribution in [0, 0.1) is 17.3 Å². The molecule has 1 aromatic carbocycles. The third kappa shape index (κ3) is 1.38. The molecule has 0 saturated heterocycles. The van der Waals surface area contributed by atoms with E-state index in [1.807, 2.05) is 12.1 Å².